The summed E-state index contributed by atoms with van der Waals surface area (Å²) >= 11 is 0. The number of hydrogen-bond donors (Lipinski definition) is 2. The summed E-state index contributed by atoms with van der Waals surface area (Å²) in [6, 6.07) is 4.98. The summed E-state index contributed by atoms with van der Waals surface area (Å²) in [6.45, 7) is 5.43. The number of aryl methyl sites for hydroxylation is 1. The number of nitrogens with one attached hydrogen (secondary N) is 1. The van der Waals surface area contributed by atoms with E-state index in [1.54, 1.807) is 19.1 Å². The molecule has 0 saturated carbocycles. The Kier molecular flexibility index (Phi) is 5.03. The van der Waals surface area contributed by atoms with Crippen LogP contribution in [0.1, 0.15) is 30.9 Å². The van der Waals surface area contributed by atoms with Crippen molar-refractivity contribution in [1.82, 2.24) is 4.72 Å². The highest BCUT2D eigenvalue weighted by Crippen LogP contribution is 2.29. The molecule has 0 amide bonds. The number of ether oxygens (including phenoxy) is 1. The Bertz CT molecular complexity index is 592. The van der Waals surface area contributed by atoms with Gasteiger partial charge < -0.3 is 9.84 Å². The summed E-state index contributed by atoms with van der Waals surface area (Å²) in [7, 11) is -3.56. The van der Waals surface area contributed by atoms with Gasteiger partial charge >= 0.3 is 0 Å². The van der Waals surface area contributed by atoms with E-state index in [4.69, 9.17) is 9.84 Å². The van der Waals surface area contributed by atoms with E-state index in [9.17, 15) is 8.42 Å². The molecule has 21 heavy (non-hydrogen) atoms. The molecule has 0 radical (unpaired) electrons. The molecule has 2 rings (SSSR count). The second-order valence-corrected chi connectivity index (χ2v) is 7.74. The van der Waals surface area contributed by atoms with Gasteiger partial charge in [0, 0.05) is 19.8 Å². The minimum Gasteiger partial charge on any atom is -0.392 e. The lowest BCUT2D eigenvalue weighted by molar-refractivity contribution is 0.0264. The largest absolute Gasteiger partial charge is 0.392 e. The van der Waals surface area contributed by atoms with Crippen LogP contribution in [-0.4, -0.2) is 33.3 Å². The first-order chi connectivity index (χ1) is 9.86. The summed E-state index contributed by atoms with van der Waals surface area (Å²) in [5, 5.41) is 9.16. The molecular formula is C15H23NO4S. The van der Waals surface area contributed by atoms with Gasteiger partial charge in [0.2, 0.25) is 10.0 Å². The Morgan fingerprint density at radius 1 is 1.33 bits per heavy atom. The number of sulfonamides is 1. The summed E-state index contributed by atoms with van der Waals surface area (Å²) in [6.07, 6.45) is 1.70. The second kappa shape index (κ2) is 6.44. The number of hydrogen-bond acceptors (Lipinski definition) is 4. The van der Waals surface area contributed by atoms with Gasteiger partial charge in [-0.1, -0.05) is 19.1 Å². The van der Waals surface area contributed by atoms with E-state index in [2.05, 4.69) is 11.6 Å². The maximum atomic E-state index is 12.5. The maximum Gasteiger partial charge on any atom is 0.240 e. The Balaban J connectivity index is 2.15. The molecule has 0 unspecified atom stereocenters. The number of aliphatic hydroxyl groups excluding tert-OH is 1. The molecule has 1 saturated heterocycles. The first kappa shape index (κ1) is 16.4. The van der Waals surface area contributed by atoms with E-state index >= 15 is 0 Å². The number of benzene rings is 1. The molecule has 1 aromatic rings. The van der Waals surface area contributed by atoms with Crippen molar-refractivity contribution >= 4 is 10.0 Å². The quantitative estimate of drug-likeness (QED) is 0.865. The predicted octanol–water partition coefficient (Wildman–Crippen LogP) is 1.58. The zero-order chi connectivity index (χ0) is 15.5. The zero-order valence-corrected chi connectivity index (χ0v) is 13.4. The standard InChI is InChI=1S/C15H23NO4S/c1-12-3-4-13(10-17)9-14(12)21(18,19)16-11-15(2)5-7-20-8-6-15/h3-4,9,16-17H,5-8,10-11H2,1-2H3. The average Bonchev–Trinajstić information content (AvgIpc) is 2.47. The minimum absolute atomic E-state index is 0.0617. The van der Waals surface area contributed by atoms with Gasteiger partial charge in [-0.15, -0.1) is 0 Å². The fraction of sp³-hybridized carbons (Fsp3) is 0.600. The second-order valence-electron chi connectivity index (χ2n) is 6.01. The third-order valence-electron chi connectivity index (χ3n) is 4.11. The van der Waals surface area contributed by atoms with E-state index in [0.717, 1.165) is 12.8 Å². The van der Waals surface area contributed by atoms with Gasteiger partial charge in [-0.3, -0.25) is 0 Å². The van der Waals surface area contributed by atoms with Crippen LogP contribution in [0.25, 0.3) is 0 Å². The molecule has 0 spiro atoms. The summed E-state index contributed by atoms with van der Waals surface area (Å²) < 4.78 is 33.0. The fourth-order valence-corrected chi connectivity index (χ4v) is 3.91. The lowest BCUT2D eigenvalue weighted by atomic mass is 9.83. The van der Waals surface area contributed by atoms with Crippen molar-refractivity contribution in [3.8, 4) is 0 Å². The average molecular weight is 313 g/mol. The molecule has 0 aliphatic carbocycles. The molecule has 1 fully saturated rings. The lowest BCUT2D eigenvalue weighted by Crippen LogP contribution is -2.39. The van der Waals surface area contributed by atoms with Crippen LogP contribution < -0.4 is 4.72 Å². The van der Waals surface area contributed by atoms with Crippen LogP contribution in [0.3, 0.4) is 0 Å². The fourth-order valence-electron chi connectivity index (χ4n) is 2.42. The molecule has 5 nitrogen and oxygen atoms in total. The van der Waals surface area contributed by atoms with Crippen molar-refractivity contribution in [3.63, 3.8) is 0 Å². The molecule has 1 heterocycles. The highest BCUT2D eigenvalue weighted by Gasteiger charge is 2.29. The molecule has 1 aliphatic heterocycles. The maximum absolute atomic E-state index is 12.5. The van der Waals surface area contributed by atoms with E-state index in [1.807, 2.05) is 0 Å². The van der Waals surface area contributed by atoms with Gasteiger partial charge in [0.25, 0.3) is 0 Å². The van der Waals surface area contributed by atoms with E-state index in [0.29, 0.717) is 30.9 Å². The highest BCUT2D eigenvalue weighted by molar-refractivity contribution is 7.89. The van der Waals surface area contributed by atoms with Crippen LogP contribution in [0.4, 0.5) is 0 Å². The lowest BCUT2D eigenvalue weighted by Gasteiger charge is -2.33. The van der Waals surface area contributed by atoms with Crippen LogP contribution in [0.2, 0.25) is 0 Å². The van der Waals surface area contributed by atoms with Gasteiger partial charge in [-0.05, 0) is 42.4 Å². The molecule has 1 aromatic carbocycles. The molecule has 6 heteroatoms. The molecule has 0 aromatic heterocycles. The normalized spacial score (nSPS) is 18.6. The van der Waals surface area contributed by atoms with Crippen LogP contribution in [0.15, 0.2) is 23.1 Å². The Hall–Kier alpha value is -0.950. The molecule has 0 bridgehead atoms. The topological polar surface area (TPSA) is 75.6 Å². The van der Waals surface area contributed by atoms with Crippen LogP contribution in [0, 0.1) is 12.3 Å². The molecular weight excluding hydrogens is 290 g/mol. The first-order valence-electron chi connectivity index (χ1n) is 7.14. The summed E-state index contributed by atoms with van der Waals surface area (Å²) in [5.41, 5.74) is 1.21. The molecule has 2 N–H and O–H groups in total. The van der Waals surface area contributed by atoms with Crippen molar-refractivity contribution in [2.45, 2.75) is 38.2 Å². The Labute approximate surface area is 126 Å². The molecule has 1 aliphatic rings. The van der Waals surface area contributed by atoms with Gasteiger partial charge in [0.1, 0.15) is 0 Å². The van der Waals surface area contributed by atoms with Crippen LogP contribution >= 0.6 is 0 Å². The van der Waals surface area contributed by atoms with Crippen molar-refractivity contribution in [2.75, 3.05) is 19.8 Å². The third kappa shape index (κ3) is 4.03. The predicted molar refractivity (Wildman–Crippen MR) is 80.5 cm³/mol. The number of rotatable bonds is 5. The third-order valence-corrected chi connectivity index (χ3v) is 5.66. The van der Waals surface area contributed by atoms with Crippen LogP contribution in [-0.2, 0) is 21.4 Å². The van der Waals surface area contributed by atoms with Crippen molar-refractivity contribution in [2.24, 2.45) is 5.41 Å². The van der Waals surface area contributed by atoms with Gasteiger partial charge in [-0.25, -0.2) is 13.1 Å². The van der Waals surface area contributed by atoms with Crippen molar-refractivity contribution in [1.29, 1.82) is 0 Å². The molecule has 118 valence electrons. The number of aliphatic hydroxyl groups is 1. The van der Waals surface area contributed by atoms with Gasteiger partial charge in [0.15, 0.2) is 0 Å². The van der Waals surface area contributed by atoms with Crippen LogP contribution in [0.5, 0.6) is 0 Å². The van der Waals surface area contributed by atoms with Gasteiger partial charge in [0.05, 0.1) is 11.5 Å². The van der Waals surface area contributed by atoms with Crippen molar-refractivity contribution in [3.05, 3.63) is 29.3 Å². The van der Waals surface area contributed by atoms with E-state index in [1.165, 1.54) is 6.07 Å². The Morgan fingerprint density at radius 2 is 2.00 bits per heavy atom. The SMILES string of the molecule is Cc1ccc(CO)cc1S(=O)(=O)NCC1(C)CCOCC1. The summed E-state index contributed by atoms with van der Waals surface area (Å²) in [5.74, 6) is 0. The van der Waals surface area contributed by atoms with E-state index in [-0.39, 0.29) is 16.9 Å². The monoisotopic (exact) mass is 313 g/mol. The minimum atomic E-state index is -3.56. The highest BCUT2D eigenvalue weighted by atomic mass is 32.2. The zero-order valence-electron chi connectivity index (χ0n) is 12.6. The van der Waals surface area contributed by atoms with Crippen molar-refractivity contribution < 1.29 is 18.3 Å². The van der Waals surface area contributed by atoms with E-state index < -0.39 is 10.0 Å². The van der Waals surface area contributed by atoms with Gasteiger partial charge in [-0.2, -0.15) is 0 Å². The first-order valence-corrected chi connectivity index (χ1v) is 8.62. The Morgan fingerprint density at radius 3 is 2.62 bits per heavy atom. The summed E-state index contributed by atoms with van der Waals surface area (Å²) in [4.78, 5) is 0.240. The molecule has 0 atom stereocenters. The smallest absolute Gasteiger partial charge is 0.240 e.